The van der Waals surface area contributed by atoms with Gasteiger partial charge in [-0.25, -0.2) is 0 Å². The maximum atomic E-state index is 12.5. The summed E-state index contributed by atoms with van der Waals surface area (Å²) in [6, 6.07) is 5.40. The molecule has 5 nitrogen and oxygen atoms in total. The lowest BCUT2D eigenvalue weighted by molar-refractivity contribution is 0.0707. The van der Waals surface area contributed by atoms with Crippen molar-refractivity contribution in [3.8, 4) is 0 Å². The molecule has 0 aromatic heterocycles. The van der Waals surface area contributed by atoms with Gasteiger partial charge in [-0.05, 0) is 25.1 Å². The number of amides is 1. The highest BCUT2D eigenvalue weighted by atomic mass is 16.5. The molecule has 0 saturated heterocycles. The fraction of sp³-hybridized carbons (Fsp3) is 0.500. The summed E-state index contributed by atoms with van der Waals surface area (Å²) in [4.78, 5) is 16.2. The molecule has 0 saturated carbocycles. The standard InChI is InChI=1S/C14H23N3O2/c1-5-17(8-9-19-4)14(18)12-10-11(15)6-7-13(12)16(2)3/h6-7,10H,5,8-9,15H2,1-4H3. The van der Waals surface area contributed by atoms with E-state index in [1.54, 1.807) is 24.1 Å². The highest BCUT2D eigenvalue weighted by Crippen LogP contribution is 2.23. The number of rotatable bonds is 6. The molecule has 2 N–H and O–H groups in total. The second-order valence-electron chi connectivity index (χ2n) is 4.55. The second kappa shape index (κ2) is 6.99. The Labute approximate surface area is 114 Å². The van der Waals surface area contributed by atoms with E-state index < -0.39 is 0 Å². The van der Waals surface area contributed by atoms with Crippen LogP contribution in [0.3, 0.4) is 0 Å². The largest absolute Gasteiger partial charge is 0.399 e. The normalized spacial score (nSPS) is 10.3. The summed E-state index contributed by atoms with van der Waals surface area (Å²) in [7, 11) is 5.45. The predicted octanol–water partition coefficient (Wildman–Crippen LogP) is 1.44. The minimum atomic E-state index is -0.0180. The molecule has 0 unspecified atom stereocenters. The minimum Gasteiger partial charge on any atom is -0.399 e. The first-order valence-electron chi connectivity index (χ1n) is 6.36. The van der Waals surface area contributed by atoms with Gasteiger partial charge in [0.2, 0.25) is 0 Å². The van der Waals surface area contributed by atoms with Crippen LogP contribution in [0.25, 0.3) is 0 Å². The molecule has 0 aliphatic rings. The quantitative estimate of drug-likeness (QED) is 0.791. The lowest BCUT2D eigenvalue weighted by Crippen LogP contribution is -2.34. The van der Waals surface area contributed by atoms with Crippen molar-refractivity contribution in [2.24, 2.45) is 0 Å². The van der Waals surface area contributed by atoms with Crippen LogP contribution in [0.4, 0.5) is 11.4 Å². The zero-order valence-electron chi connectivity index (χ0n) is 12.1. The molecule has 0 atom stereocenters. The summed E-state index contributed by atoms with van der Waals surface area (Å²) in [5.41, 5.74) is 7.89. The molecule has 19 heavy (non-hydrogen) atoms. The number of ether oxygens (including phenoxy) is 1. The Morgan fingerprint density at radius 3 is 2.58 bits per heavy atom. The molecule has 0 aliphatic heterocycles. The minimum absolute atomic E-state index is 0.0180. The molecule has 5 heteroatoms. The van der Waals surface area contributed by atoms with E-state index in [4.69, 9.17) is 10.5 Å². The second-order valence-corrected chi connectivity index (χ2v) is 4.55. The monoisotopic (exact) mass is 265 g/mol. The summed E-state index contributed by atoms with van der Waals surface area (Å²) in [6.07, 6.45) is 0. The van der Waals surface area contributed by atoms with Crippen LogP contribution < -0.4 is 10.6 Å². The van der Waals surface area contributed by atoms with Gasteiger partial charge in [0.25, 0.3) is 5.91 Å². The van der Waals surface area contributed by atoms with E-state index in [0.29, 0.717) is 30.9 Å². The number of methoxy groups -OCH3 is 1. The lowest BCUT2D eigenvalue weighted by Gasteiger charge is -2.24. The molecule has 0 spiro atoms. The van der Waals surface area contributed by atoms with E-state index in [2.05, 4.69) is 0 Å². The van der Waals surface area contributed by atoms with Crippen molar-refractivity contribution in [3.05, 3.63) is 23.8 Å². The molecular weight excluding hydrogens is 242 g/mol. The Morgan fingerprint density at radius 1 is 1.37 bits per heavy atom. The zero-order valence-corrected chi connectivity index (χ0v) is 12.1. The maximum absolute atomic E-state index is 12.5. The van der Waals surface area contributed by atoms with Crippen molar-refractivity contribution in [1.82, 2.24) is 4.90 Å². The van der Waals surface area contributed by atoms with Crippen LogP contribution in [-0.2, 0) is 4.74 Å². The first-order valence-corrected chi connectivity index (χ1v) is 6.36. The molecule has 1 rings (SSSR count). The molecule has 106 valence electrons. The first kappa shape index (κ1) is 15.3. The van der Waals surface area contributed by atoms with Crippen LogP contribution in [-0.4, -0.2) is 51.7 Å². The van der Waals surface area contributed by atoms with Gasteiger partial charge in [0, 0.05) is 45.7 Å². The number of carbonyl (C=O) groups is 1. The van der Waals surface area contributed by atoms with Crippen LogP contribution in [0, 0.1) is 0 Å². The topological polar surface area (TPSA) is 58.8 Å². The third-order valence-electron chi connectivity index (χ3n) is 2.97. The Hall–Kier alpha value is -1.75. The van der Waals surface area contributed by atoms with E-state index in [9.17, 15) is 4.79 Å². The van der Waals surface area contributed by atoms with Gasteiger partial charge in [0.15, 0.2) is 0 Å². The molecule has 0 bridgehead atoms. The number of nitrogens with zero attached hydrogens (tertiary/aromatic N) is 2. The lowest BCUT2D eigenvalue weighted by atomic mass is 10.1. The zero-order chi connectivity index (χ0) is 14.4. The first-order chi connectivity index (χ1) is 9.01. The fourth-order valence-corrected chi connectivity index (χ4v) is 1.89. The molecule has 0 aliphatic carbocycles. The van der Waals surface area contributed by atoms with Gasteiger partial charge < -0.3 is 20.3 Å². The molecule has 1 amide bonds. The van der Waals surface area contributed by atoms with Crippen LogP contribution in [0.5, 0.6) is 0 Å². The van der Waals surface area contributed by atoms with E-state index in [1.165, 1.54) is 0 Å². The smallest absolute Gasteiger partial charge is 0.256 e. The number of hydrogen-bond donors (Lipinski definition) is 1. The van der Waals surface area contributed by atoms with Gasteiger partial charge >= 0.3 is 0 Å². The van der Waals surface area contributed by atoms with Gasteiger partial charge in [0.05, 0.1) is 12.2 Å². The van der Waals surface area contributed by atoms with Crippen LogP contribution in [0.1, 0.15) is 17.3 Å². The van der Waals surface area contributed by atoms with Crippen molar-refractivity contribution in [2.45, 2.75) is 6.92 Å². The molecule has 0 fully saturated rings. The Balaban J connectivity index is 3.05. The van der Waals surface area contributed by atoms with E-state index in [0.717, 1.165) is 5.69 Å². The van der Waals surface area contributed by atoms with Gasteiger partial charge in [-0.1, -0.05) is 0 Å². The number of carbonyl (C=O) groups excluding carboxylic acids is 1. The van der Waals surface area contributed by atoms with Gasteiger partial charge in [-0.3, -0.25) is 4.79 Å². The van der Waals surface area contributed by atoms with Crippen LogP contribution in [0.15, 0.2) is 18.2 Å². The predicted molar refractivity (Wildman–Crippen MR) is 78.6 cm³/mol. The number of nitrogens with two attached hydrogens (primary N) is 1. The van der Waals surface area contributed by atoms with Crippen molar-refractivity contribution in [1.29, 1.82) is 0 Å². The molecular formula is C14H23N3O2. The third kappa shape index (κ3) is 3.86. The maximum Gasteiger partial charge on any atom is 0.256 e. The Kier molecular flexibility index (Phi) is 5.63. The van der Waals surface area contributed by atoms with Crippen LogP contribution in [0.2, 0.25) is 0 Å². The molecule has 1 aromatic rings. The number of likely N-dealkylation sites (N-methyl/N-ethyl adjacent to an activating group) is 1. The van der Waals surface area contributed by atoms with Gasteiger partial charge in [-0.15, -0.1) is 0 Å². The summed E-state index contributed by atoms with van der Waals surface area (Å²) in [5.74, 6) is -0.0180. The molecule has 0 heterocycles. The van der Waals surface area contributed by atoms with E-state index in [-0.39, 0.29) is 5.91 Å². The Morgan fingerprint density at radius 2 is 2.05 bits per heavy atom. The van der Waals surface area contributed by atoms with Crippen LogP contribution >= 0.6 is 0 Å². The number of anilines is 2. The van der Waals surface area contributed by atoms with Crippen molar-refractivity contribution in [2.75, 3.05) is 51.5 Å². The SMILES string of the molecule is CCN(CCOC)C(=O)c1cc(N)ccc1N(C)C. The average Bonchev–Trinajstić information content (AvgIpc) is 2.38. The Bertz CT molecular complexity index is 433. The van der Waals surface area contributed by atoms with Crippen molar-refractivity contribution < 1.29 is 9.53 Å². The number of benzene rings is 1. The summed E-state index contributed by atoms with van der Waals surface area (Å²) in [6.45, 7) is 3.70. The molecule has 0 radical (unpaired) electrons. The van der Waals surface area contributed by atoms with E-state index in [1.807, 2.05) is 32.0 Å². The van der Waals surface area contributed by atoms with Crippen molar-refractivity contribution in [3.63, 3.8) is 0 Å². The highest BCUT2D eigenvalue weighted by Gasteiger charge is 2.18. The summed E-state index contributed by atoms with van der Waals surface area (Å²) >= 11 is 0. The summed E-state index contributed by atoms with van der Waals surface area (Å²) < 4.78 is 5.03. The fourth-order valence-electron chi connectivity index (χ4n) is 1.89. The van der Waals surface area contributed by atoms with Crippen molar-refractivity contribution >= 4 is 17.3 Å². The number of hydrogen-bond acceptors (Lipinski definition) is 4. The van der Waals surface area contributed by atoms with Gasteiger partial charge in [-0.2, -0.15) is 0 Å². The third-order valence-corrected chi connectivity index (χ3v) is 2.97. The summed E-state index contributed by atoms with van der Waals surface area (Å²) in [5, 5.41) is 0. The molecule has 1 aromatic carbocycles. The number of nitrogen functional groups attached to an aromatic ring is 1. The van der Waals surface area contributed by atoms with Gasteiger partial charge in [0.1, 0.15) is 0 Å². The van der Waals surface area contributed by atoms with E-state index >= 15 is 0 Å². The average molecular weight is 265 g/mol. The highest BCUT2D eigenvalue weighted by molar-refractivity contribution is 6.00.